The number of carboxylic acids is 1. The molecule has 25 heavy (non-hydrogen) atoms. The van der Waals surface area contributed by atoms with Crippen molar-refractivity contribution < 1.29 is 14.7 Å². The molecule has 6 nitrogen and oxygen atoms in total. The van der Waals surface area contributed by atoms with Crippen molar-refractivity contribution in [2.45, 2.75) is 64.5 Å². The number of aliphatic carboxylic acids is 1. The molecule has 0 bridgehead atoms. The first kappa shape index (κ1) is 20.2. The van der Waals surface area contributed by atoms with E-state index in [1.807, 2.05) is 23.8 Å². The lowest BCUT2D eigenvalue weighted by molar-refractivity contribution is -0.139. The summed E-state index contributed by atoms with van der Waals surface area (Å²) in [5.74, 6) is 0.0698. The standard InChI is InChI=1S/C19H35N3O3/c1-4-22(14-19(24)25)16-9-11-21(12-10-16)13-18(23)20(3)17-8-6-5-7-15(17)2/h15-17H,4-14H2,1-3H3,(H,24,25). The third-order valence-electron chi connectivity index (χ3n) is 6.13. The van der Waals surface area contributed by atoms with Gasteiger partial charge in [-0.3, -0.25) is 19.4 Å². The molecular weight excluding hydrogens is 318 g/mol. The lowest BCUT2D eigenvalue weighted by Gasteiger charge is -2.39. The van der Waals surface area contributed by atoms with Crippen LogP contribution in [0.15, 0.2) is 0 Å². The number of carbonyl (C=O) groups excluding carboxylic acids is 1. The predicted molar refractivity (Wildman–Crippen MR) is 98.5 cm³/mol. The van der Waals surface area contributed by atoms with E-state index in [1.54, 1.807) is 0 Å². The lowest BCUT2D eigenvalue weighted by Crippen LogP contribution is -2.50. The van der Waals surface area contributed by atoms with Crippen LogP contribution >= 0.6 is 0 Å². The SMILES string of the molecule is CCN(CC(=O)O)C1CCN(CC(=O)N(C)C2CCCCC2C)CC1. The second-order valence-corrected chi connectivity index (χ2v) is 7.80. The maximum Gasteiger partial charge on any atom is 0.317 e. The van der Waals surface area contributed by atoms with Gasteiger partial charge in [0.2, 0.25) is 5.91 Å². The van der Waals surface area contributed by atoms with E-state index in [4.69, 9.17) is 5.11 Å². The molecule has 1 heterocycles. The summed E-state index contributed by atoms with van der Waals surface area (Å²) in [6.07, 6.45) is 6.76. The molecule has 2 fully saturated rings. The Morgan fingerprint density at radius 3 is 2.32 bits per heavy atom. The fourth-order valence-corrected chi connectivity index (χ4v) is 4.48. The smallest absolute Gasteiger partial charge is 0.317 e. The van der Waals surface area contributed by atoms with Gasteiger partial charge in [-0.1, -0.05) is 26.7 Å². The summed E-state index contributed by atoms with van der Waals surface area (Å²) in [6, 6.07) is 0.716. The number of hydrogen-bond acceptors (Lipinski definition) is 4. The van der Waals surface area contributed by atoms with Crippen LogP contribution in [-0.2, 0) is 9.59 Å². The van der Waals surface area contributed by atoms with Gasteiger partial charge in [0.15, 0.2) is 0 Å². The summed E-state index contributed by atoms with van der Waals surface area (Å²) in [5, 5.41) is 9.02. The summed E-state index contributed by atoms with van der Waals surface area (Å²) in [6.45, 7) is 7.40. The van der Waals surface area contributed by atoms with E-state index >= 15 is 0 Å². The van der Waals surface area contributed by atoms with E-state index in [-0.39, 0.29) is 12.5 Å². The van der Waals surface area contributed by atoms with Crippen LogP contribution in [0.2, 0.25) is 0 Å². The molecule has 2 atom stereocenters. The van der Waals surface area contributed by atoms with Crippen molar-refractivity contribution in [1.82, 2.24) is 14.7 Å². The molecule has 6 heteroatoms. The van der Waals surface area contributed by atoms with Gasteiger partial charge in [-0.05, 0) is 38.1 Å². The first-order chi connectivity index (χ1) is 11.9. The quantitative estimate of drug-likeness (QED) is 0.757. The fraction of sp³-hybridized carbons (Fsp3) is 0.895. The maximum atomic E-state index is 12.7. The van der Waals surface area contributed by atoms with Crippen molar-refractivity contribution >= 4 is 11.9 Å². The second-order valence-electron chi connectivity index (χ2n) is 7.80. The summed E-state index contributed by atoms with van der Waals surface area (Å²) in [7, 11) is 1.97. The molecule has 0 aromatic rings. The Labute approximate surface area is 152 Å². The Hall–Kier alpha value is -1.14. The van der Waals surface area contributed by atoms with Gasteiger partial charge in [0.25, 0.3) is 0 Å². The van der Waals surface area contributed by atoms with Crippen LogP contribution in [0.4, 0.5) is 0 Å². The second kappa shape index (κ2) is 9.53. The Kier molecular flexibility index (Phi) is 7.69. The van der Waals surface area contributed by atoms with E-state index in [1.165, 1.54) is 19.3 Å². The predicted octanol–water partition coefficient (Wildman–Crippen LogP) is 1.89. The van der Waals surface area contributed by atoms with E-state index in [2.05, 4.69) is 11.8 Å². The average molecular weight is 354 g/mol. The highest BCUT2D eigenvalue weighted by molar-refractivity contribution is 5.78. The minimum absolute atomic E-state index is 0.113. The Morgan fingerprint density at radius 1 is 1.12 bits per heavy atom. The Morgan fingerprint density at radius 2 is 1.76 bits per heavy atom. The maximum absolute atomic E-state index is 12.7. The molecule has 0 aromatic carbocycles. The van der Waals surface area contributed by atoms with Crippen LogP contribution in [0.5, 0.6) is 0 Å². The van der Waals surface area contributed by atoms with E-state index in [0.29, 0.717) is 24.5 Å². The van der Waals surface area contributed by atoms with Crippen molar-refractivity contribution in [3.63, 3.8) is 0 Å². The molecule has 1 saturated carbocycles. The highest BCUT2D eigenvalue weighted by atomic mass is 16.4. The molecule has 0 spiro atoms. The largest absolute Gasteiger partial charge is 0.480 e. The monoisotopic (exact) mass is 353 g/mol. The van der Waals surface area contributed by atoms with Crippen LogP contribution in [0, 0.1) is 5.92 Å². The number of nitrogens with zero attached hydrogens (tertiary/aromatic N) is 3. The number of rotatable bonds is 7. The van der Waals surface area contributed by atoms with Crippen molar-refractivity contribution in [3.05, 3.63) is 0 Å². The van der Waals surface area contributed by atoms with Gasteiger partial charge in [-0.25, -0.2) is 0 Å². The summed E-state index contributed by atoms with van der Waals surface area (Å²) >= 11 is 0. The summed E-state index contributed by atoms with van der Waals surface area (Å²) in [4.78, 5) is 29.9. The van der Waals surface area contributed by atoms with Gasteiger partial charge < -0.3 is 10.0 Å². The Balaban J connectivity index is 1.78. The Bertz CT molecular complexity index is 449. The molecular formula is C19H35N3O3. The molecule has 0 aromatic heterocycles. The minimum atomic E-state index is -0.761. The zero-order valence-corrected chi connectivity index (χ0v) is 16.1. The van der Waals surface area contributed by atoms with Crippen molar-refractivity contribution in [2.75, 3.05) is 39.8 Å². The summed E-state index contributed by atoms with van der Waals surface area (Å²) < 4.78 is 0. The molecule has 1 amide bonds. The summed E-state index contributed by atoms with van der Waals surface area (Å²) in [5.41, 5.74) is 0. The van der Waals surface area contributed by atoms with E-state index < -0.39 is 5.97 Å². The molecule has 2 unspecified atom stereocenters. The van der Waals surface area contributed by atoms with Gasteiger partial charge >= 0.3 is 5.97 Å². The number of likely N-dealkylation sites (tertiary alicyclic amines) is 1. The number of carboxylic acid groups (broad SMARTS) is 1. The third-order valence-corrected chi connectivity index (χ3v) is 6.13. The number of piperidine rings is 1. The molecule has 1 aliphatic heterocycles. The van der Waals surface area contributed by atoms with Crippen LogP contribution in [0.1, 0.15) is 52.4 Å². The van der Waals surface area contributed by atoms with Crippen molar-refractivity contribution in [2.24, 2.45) is 5.92 Å². The van der Waals surface area contributed by atoms with Crippen molar-refractivity contribution in [3.8, 4) is 0 Å². The fourth-order valence-electron chi connectivity index (χ4n) is 4.48. The molecule has 0 radical (unpaired) electrons. The number of hydrogen-bond donors (Lipinski definition) is 1. The molecule has 1 saturated heterocycles. The molecule has 144 valence electrons. The highest BCUT2D eigenvalue weighted by Gasteiger charge is 2.30. The van der Waals surface area contributed by atoms with E-state index in [0.717, 1.165) is 38.9 Å². The molecule has 2 rings (SSSR count). The number of likely N-dealkylation sites (N-methyl/N-ethyl adjacent to an activating group) is 2. The van der Waals surface area contributed by atoms with Gasteiger partial charge in [0, 0.05) is 32.2 Å². The van der Waals surface area contributed by atoms with Crippen molar-refractivity contribution in [1.29, 1.82) is 0 Å². The first-order valence-corrected chi connectivity index (χ1v) is 9.86. The molecule has 2 aliphatic rings. The van der Waals surface area contributed by atoms with E-state index in [9.17, 15) is 9.59 Å². The first-order valence-electron chi connectivity index (χ1n) is 9.86. The normalized spacial score (nSPS) is 25.9. The van der Waals surface area contributed by atoms with Crippen LogP contribution < -0.4 is 0 Å². The third kappa shape index (κ3) is 5.68. The zero-order chi connectivity index (χ0) is 18.4. The lowest BCUT2D eigenvalue weighted by atomic mass is 9.85. The topological polar surface area (TPSA) is 64.1 Å². The van der Waals surface area contributed by atoms with Crippen LogP contribution in [0.3, 0.4) is 0 Å². The highest BCUT2D eigenvalue weighted by Crippen LogP contribution is 2.27. The van der Waals surface area contributed by atoms with Gasteiger partial charge in [-0.2, -0.15) is 0 Å². The molecule has 1 aliphatic carbocycles. The number of amides is 1. The number of carbonyl (C=O) groups is 2. The minimum Gasteiger partial charge on any atom is -0.480 e. The zero-order valence-electron chi connectivity index (χ0n) is 16.1. The van der Waals surface area contributed by atoms with Gasteiger partial charge in [-0.15, -0.1) is 0 Å². The van der Waals surface area contributed by atoms with Crippen LogP contribution in [-0.4, -0.2) is 83.5 Å². The van der Waals surface area contributed by atoms with Gasteiger partial charge in [0.05, 0.1) is 13.1 Å². The average Bonchev–Trinajstić information content (AvgIpc) is 2.60. The molecule has 1 N–H and O–H groups in total. The van der Waals surface area contributed by atoms with Crippen LogP contribution in [0.25, 0.3) is 0 Å². The van der Waals surface area contributed by atoms with Gasteiger partial charge in [0.1, 0.15) is 0 Å².